The largest absolute Gasteiger partial charge is 0.245 e. The lowest BCUT2D eigenvalue weighted by Crippen LogP contribution is -1.77. The van der Waals surface area contributed by atoms with Crippen LogP contribution in [0.25, 0.3) is 10.6 Å². The zero-order valence-corrected chi connectivity index (χ0v) is 7.01. The van der Waals surface area contributed by atoms with Gasteiger partial charge in [-0.2, -0.15) is 0 Å². The predicted octanol–water partition coefficient (Wildman–Crippen LogP) is 2.95. The molecule has 1 aromatic carbocycles. The van der Waals surface area contributed by atoms with E-state index in [4.69, 9.17) is 0 Å². The van der Waals surface area contributed by atoms with Crippen LogP contribution in [0.4, 0.5) is 4.39 Å². The van der Waals surface area contributed by atoms with Crippen molar-refractivity contribution in [3.8, 4) is 10.6 Å². The molecule has 1 heterocycles. The summed E-state index contributed by atoms with van der Waals surface area (Å²) < 4.78 is 12.7. The van der Waals surface area contributed by atoms with E-state index in [1.165, 1.54) is 23.5 Å². The first-order valence-electron chi connectivity index (χ1n) is 3.52. The van der Waals surface area contributed by atoms with E-state index in [9.17, 15) is 4.39 Å². The standard InChI is InChI=1S/C9H6FNS/c10-8-3-1-2-7(6-8)9-11-4-5-12-9/h1-6H. The maximum absolute atomic E-state index is 12.7. The highest BCUT2D eigenvalue weighted by molar-refractivity contribution is 7.13. The summed E-state index contributed by atoms with van der Waals surface area (Å²) in [6, 6.07) is 6.45. The molecule has 12 heavy (non-hydrogen) atoms. The highest BCUT2D eigenvalue weighted by Gasteiger charge is 1.99. The number of thiazole rings is 1. The lowest BCUT2D eigenvalue weighted by molar-refractivity contribution is 0.628. The zero-order chi connectivity index (χ0) is 8.39. The molecule has 0 fully saturated rings. The molecule has 0 atom stereocenters. The van der Waals surface area contributed by atoms with Crippen LogP contribution in [0.5, 0.6) is 0 Å². The van der Waals surface area contributed by atoms with E-state index in [-0.39, 0.29) is 5.82 Å². The van der Waals surface area contributed by atoms with Gasteiger partial charge in [0, 0.05) is 17.1 Å². The minimum Gasteiger partial charge on any atom is -0.245 e. The maximum Gasteiger partial charge on any atom is 0.123 e. The molecule has 0 saturated heterocycles. The summed E-state index contributed by atoms with van der Waals surface area (Å²) in [5, 5.41) is 2.73. The summed E-state index contributed by atoms with van der Waals surface area (Å²) in [6.07, 6.45) is 1.71. The van der Waals surface area contributed by atoms with Crippen LogP contribution in [0, 0.1) is 5.82 Å². The second-order valence-corrected chi connectivity index (χ2v) is 3.24. The zero-order valence-electron chi connectivity index (χ0n) is 6.20. The monoisotopic (exact) mass is 179 g/mol. The van der Waals surface area contributed by atoms with E-state index in [1.54, 1.807) is 12.3 Å². The van der Waals surface area contributed by atoms with E-state index in [2.05, 4.69) is 4.98 Å². The predicted molar refractivity (Wildman–Crippen MR) is 47.5 cm³/mol. The van der Waals surface area contributed by atoms with Crippen molar-refractivity contribution in [2.45, 2.75) is 0 Å². The van der Waals surface area contributed by atoms with Crippen LogP contribution >= 0.6 is 11.3 Å². The van der Waals surface area contributed by atoms with Gasteiger partial charge >= 0.3 is 0 Å². The fraction of sp³-hybridized carbons (Fsp3) is 0. The van der Waals surface area contributed by atoms with Crippen LogP contribution in [0.1, 0.15) is 0 Å². The average molecular weight is 179 g/mol. The fourth-order valence-electron chi connectivity index (χ4n) is 0.988. The third-order valence-electron chi connectivity index (χ3n) is 1.50. The number of rotatable bonds is 1. The summed E-state index contributed by atoms with van der Waals surface area (Å²) in [5.74, 6) is -0.220. The minimum absolute atomic E-state index is 0.220. The summed E-state index contributed by atoms with van der Waals surface area (Å²) in [4.78, 5) is 4.08. The van der Waals surface area contributed by atoms with Crippen LogP contribution in [0.2, 0.25) is 0 Å². The number of hydrogen-bond acceptors (Lipinski definition) is 2. The summed E-state index contributed by atoms with van der Waals surface area (Å²) >= 11 is 1.51. The van der Waals surface area contributed by atoms with Crippen LogP contribution in [-0.2, 0) is 0 Å². The van der Waals surface area contributed by atoms with Gasteiger partial charge in [-0.05, 0) is 12.1 Å². The third kappa shape index (κ3) is 1.36. The van der Waals surface area contributed by atoms with Gasteiger partial charge < -0.3 is 0 Å². The van der Waals surface area contributed by atoms with Gasteiger partial charge in [0.1, 0.15) is 10.8 Å². The first-order valence-corrected chi connectivity index (χ1v) is 4.39. The number of aromatic nitrogens is 1. The molecule has 2 rings (SSSR count). The Balaban J connectivity index is 2.48. The Hall–Kier alpha value is -1.22. The van der Waals surface area contributed by atoms with Crippen LogP contribution in [0.3, 0.4) is 0 Å². The summed E-state index contributed by atoms with van der Waals surface area (Å²) in [6.45, 7) is 0. The van der Waals surface area contributed by atoms with Gasteiger partial charge in [-0.3, -0.25) is 0 Å². The van der Waals surface area contributed by atoms with Gasteiger partial charge in [-0.25, -0.2) is 9.37 Å². The molecular weight excluding hydrogens is 173 g/mol. The topological polar surface area (TPSA) is 12.9 Å². The minimum atomic E-state index is -0.220. The van der Waals surface area contributed by atoms with Gasteiger partial charge in [0.15, 0.2) is 0 Å². The molecule has 1 nitrogen and oxygen atoms in total. The summed E-state index contributed by atoms with van der Waals surface area (Å²) in [5.41, 5.74) is 0.838. The first kappa shape index (κ1) is 7.43. The molecular formula is C9H6FNS. The molecule has 0 aliphatic heterocycles. The average Bonchev–Trinajstić information content (AvgIpc) is 2.56. The molecule has 0 unspecified atom stereocenters. The number of nitrogens with zero attached hydrogens (tertiary/aromatic N) is 1. The van der Waals surface area contributed by atoms with E-state index in [0.29, 0.717) is 0 Å². The molecule has 0 bridgehead atoms. The lowest BCUT2D eigenvalue weighted by atomic mass is 10.2. The first-order chi connectivity index (χ1) is 5.86. The SMILES string of the molecule is Fc1cccc(-c2nccs2)c1. The van der Waals surface area contributed by atoms with Crippen molar-refractivity contribution in [3.05, 3.63) is 41.7 Å². The quantitative estimate of drug-likeness (QED) is 0.655. The maximum atomic E-state index is 12.7. The van der Waals surface area contributed by atoms with Gasteiger partial charge in [0.2, 0.25) is 0 Å². The molecule has 60 valence electrons. The third-order valence-corrected chi connectivity index (χ3v) is 2.33. The van der Waals surface area contributed by atoms with Crippen LogP contribution < -0.4 is 0 Å². The van der Waals surface area contributed by atoms with Gasteiger partial charge in [0.05, 0.1) is 0 Å². The number of benzene rings is 1. The Kier molecular flexibility index (Phi) is 1.87. The van der Waals surface area contributed by atoms with Crippen molar-refractivity contribution in [1.82, 2.24) is 4.98 Å². The van der Waals surface area contributed by atoms with Crippen molar-refractivity contribution < 1.29 is 4.39 Å². The molecule has 0 spiro atoms. The van der Waals surface area contributed by atoms with E-state index < -0.39 is 0 Å². The van der Waals surface area contributed by atoms with E-state index >= 15 is 0 Å². The molecule has 2 aromatic rings. The van der Waals surface area contributed by atoms with Crippen molar-refractivity contribution in [3.63, 3.8) is 0 Å². The van der Waals surface area contributed by atoms with Crippen molar-refractivity contribution >= 4 is 11.3 Å². The second kappa shape index (κ2) is 3.03. The Morgan fingerprint density at radius 2 is 2.25 bits per heavy atom. The van der Waals surface area contributed by atoms with Crippen molar-refractivity contribution in [2.75, 3.05) is 0 Å². The number of halogens is 1. The normalized spacial score (nSPS) is 10.1. The molecule has 0 saturated carbocycles. The smallest absolute Gasteiger partial charge is 0.123 e. The van der Waals surface area contributed by atoms with Gasteiger partial charge in [0.25, 0.3) is 0 Å². The molecule has 0 aliphatic rings. The highest BCUT2D eigenvalue weighted by atomic mass is 32.1. The second-order valence-electron chi connectivity index (χ2n) is 2.35. The molecule has 0 radical (unpaired) electrons. The van der Waals surface area contributed by atoms with Crippen LogP contribution in [0.15, 0.2) is 35.8 Å². The summed E-state index contributed by atoms with van der Waals surface area (Å²) in [7, 11) is 0. The molecule has 1 aromatic heterocycles. The fourth-order valence-corrected chi connectivity index (χ4v) is 1.62. The molecule has 0 N–H and O–H groups in total. The van der Waals surface area contributed by atoms with Gasteiger partial charge in [-0.15, -0.1) is 11.3 Å². The Bertz CT molecular complexity index is 370. The Morgan fingerprint density at radius 3 is 2.92 bits per heavy atom. The van der Waals surface area contributed by atoms with Crippen LogP contribution in [-0.4, -0.2) is 4.98 Å². The van der Waals surface area contributed by atoms with E-state index in [0.717, 1.165) is 10.6 Å². The van der Waals surface area contributed by atoms with Crippen molar-refractivity contribution in [1.29, 1.82) is 0 Å². The molecule has 3 heteroatoms. The Morgan fingerprint density at radius 1 is 1.33 bits per heavy atom. The van der Waals surface area contributed by atoms with Crippen molar-refractivity contribution in [2.24, 2.45) is 0 Å². The highest BCUT2D eigenvalue weighted by Crippen LogP contribution is 2.21. The number of hydrogen-bond donors (Lipinski definition) is 0. The molecule has 0 aliphatic carbocycles. The molecule has 0 amide bonds. The van der Waals surface area contributed by atoms with Gasteiger partial charge in [-0.1, -0.05) is 12.1 Å². The lowest BCUT2D eigenvalue weighted by Gasteiger charge is -1.94. The Labute approximate surface area is 73.5 Å². The van der Waals surface area contributed by atoms with E-state index in [1.807, 2.05) is 11.4 Å².